The molecule has 1 N–H and O–H groups in total. The summed E-state index contributed by atoms with van der Waals surface area (Å²) in [6, 6.07) is 0. The fraction of sp³-hybridized carbons (Fsp3) is 0.846. The molecule has 2 amide bonds. The van der Waals surface area contributed by atoms with E-state index in [1.165, 1.54) is 0 Å². The smallest absolute Gasteiger partial charge is 0.242 e. The summed E-state index contributed by atoms with van der Waals surface area (Å²) in [6.45, 7) is 7.22. The van der Waals surface area contributed by atoms with Crippen molar-refractivity contribution in [2.45, 2.75) is 26.7 Å². The van der Waals surface area contributed by atoms with Crippen LogP contribution in [0, 0.1) is 5.92 Å². The average Bonchev–Trinajstić information content (AvgIpc) is 2.40. The number of likely N-dealkylation sites (N-methyl/N-ethyl adjacent to an activating group) is 2. The Labute approximate surface area is 110 Å². The molecule has 1 aliphatic rings. The SMILES string of the molecule is CCN(CC)C(=O)CN(C)C(=O)C1CCCNC1. The average molecular weight is 255 g/mol. The van der Waals surface area contributed by atoms with Crippen LogP contribution in [0.3, 0.4) is 0 Å². The van der Waals surface area contributed by atoms with Crippen LogP contribution >= 0.6 is 0 Å². The Morgan fingerprint density at radius 1 is 1.28 bits per heavy atom. The number of hydrogen-bond donors (Lipinski definition) is 1. The molecule has 0 aromatic carbocycles. The fourth-order valence-corrected chi connectivity index (χ4v) is 2.33. The van der Waals surface area contributed by atoms with Gasteiger partial charge >= 0.3 is 0 Å². The lowest BCUT2D eigenvalue weighted by molar-refractivity contribution is -0.141. The number of nitrogens with zero attached hydrogens (tertiary/aromatic N) is 2. The predicted octanol–water partition coefficient (Wildman–Crippen LogP) is 0.313. The second kappa shape index (κ2) is 7.36. The largest absolute Gasteiger partial charge is 0.342 e. The molecule has 1 unspecified atom stereocenters. The Morgan fingerprint density at radius 3 is 2.44 bits per heavy atom. The molecular weight excluding hydrogens is 230 g/mol. The fourth-order valence-electron chi connectivity index (χ4n) is 2.33. The lowest BCUT2D eigenvalue weighted by Crippen LogP contribution is -2.46. The maximum atomic E-state index is 12.1. The van der Waals surface area contributed by atoms with Crippen molar-refractivity contribution in [2.75, 3.05) is 39.8 Å². The highest BCUT2D eigenvalue weighted by atomic mass is 16.2. The van der Waals surface area contributed by atoms with Gasteiger partial charge in [-0.3, -0.25) is 9.59 Å². The minimum atomic E-state index is 0.0274. The third kappa shape index (κ3) is 3.98. The van der Waals surface area contributed by atoms with Gasteiger partial charge in [0.15, 0.2) is 0 Å². The molecule has 18 heavy (non-hydrogen) atoms. The normalized spacial score (nSPS) is 19.4. The maximum absolute atomic E-state index is 12.1. The second-order valence-corrected chi connectivity index (χ2v) is 4.80. The summed E-state index contributed by atoms with van der Waals surface area (Å²) in [5.74, 6) is 0.149. The van der Waals surface area contributed by atoms with Gasteiger partial charge in [0, 0.05) is 26.7 Å². The Morgan fingerprint density at radius 2 is 1.94 bits per heavy atom. The molecule has 1 fully saturated rings. The van der Waals surface area contributed by atoms with Crippen LogP contribution in [0.15, 0.2) is 0 Å². The minimum Gasteiger partial charge on any atom is -0.342 e. The zero-order valence-electron chi connectivity index (χ0n) is 11.7. The van der Waals surface area contributed by atoms with Crippen LogP contribution in [0.4, 0.5) is 0 Å². The quantitative estimate of drug-likeness (QED) is 0.769. The van der Waals surface area contributed by atoms with E-state index in [1.54, 1.807) is 16.8 Å². The van der Waals surface area contributed by atoms with Crippen LogP contribution in [0.1, 0.15) is 26.7 Å². The number of carbonyl (C=O) groups is 2. The van der Waals surface area contributed by atoms with Crippen LogP contribution in [0.5, 0.6) is 0 Å². The van der Waals surface area contributed by atoms with Gasteiger partial charge in [0.2, 0.25) is 11.8 Å². The number of amides is 2. The molecule has 0 aromatic heterocycles. The predicted molar refractivity (Wildman–Crippen MR) is 71.2 cm³/mol. The summed E-state index contributed by atoms with van der Waals surface area (Å²) >= 11 is 0. The van der Waals surface area contributed by atoms with Gasteiger partial charge in [-0.2, -0.15) is 0 Å². The molecule has 1 aliphatic heterocycles. The Bertz CT molecular complexity index is 284. The van der Waals surface area contributed by atoms with Crippen molar-refractivity contribution >= 4 is 11.8 Å². The molecule has 1 rings (SSSR count). The van der Waals surface area contributed by atoms with Gasteiger partial charge in [-0.05, 0) is 33.2 Å². The Hall–Kier alpha value is -1.10. The van der Waals surface area contributed by atoms with E-state index < -0.39 is 0 Å². The van der Waals surface area contributed by atoms with E-state index >= 15 is 0 Å². The summed E-state index contributed by atoms with van der Waals surface area (Å²) in [7, 11) is 1.72. The highest BCUT2D eigenvalue weighted by molar-refractivity contribution is 5.85. The zero-order valence-corrected chi connectivity index (χ0v) is 11.7. The first kappa shape index (κ1) is 15.0. The Kier molecular flexibility index (Phi) is 6.12. The van der Waals surface area contributed by atoms with Crippen LogP contribution in [-0.2, 0) is 9.59 Å². The topological polar surface area (TPSA) is 52.7 Å². The number of rotatable bonds is 5. The molecule has 0 aromatic rings. The highest BCUT2D eigenvalue weighted by Crippen LogP contribution is 2.12. The molecule has 5 nitrogen and oxygen atoms in total. The van der Waals surface area contributed by atoms with Gasteiger partial charge in [-0.15, -0.1) is 0 Å². The first-order valence-corrected chi connectivity index (χ1v) is 6.83. The molecule has 0 bridgehead atoms. The molecular formula is C13H25N3O2. The number of carbonyl (C=O) groups excluding carboxylic acids is 2. The van der Waals surface area contributed by atoms with Crippen molar-refractivity contribution in [3.8, 4) is 0 Å². The number of piperidine rings is 1. The summed E-state index contributed by atoms with van der Waals surface area (Å²) in [5, 5.41) is 3.23. The number of hydrogen-bond acceptors (Lipinski definition) is 3. The van der Waals surface area contributed by atoms with Gasteiger partial charge in [0.05, 0.1) is 12.5 Å². The van der Waals surface area contributed by atoms with Gasteiger partial charge < -0.3 is 15.1 Å². The molecule has 1 heterocycles. The molecule has 5 heteroatoms. The van der Waals surface area contributed by atoms with Gasteiger partial charge in [-0.1, -0.05) is 0 Å². The second-order valence-electron chi connectivity index (χ2n) is 4.80. The minimum absolute atomic E-state index is 0.0274. The standard InChI is InChI=1S/C13H25N3O2/c1-4-16(5-2)12(17)10-15(3)13(18)11-7-6-8-14-9-11/h11,14H,4-10H2,1-3H3. The monoisotopic (exact) mass is 255 g/mol. The molecule has 1 atom stereocenters. The first-order chi connectivity index (χ1) is 8.60. The van der Waals surface area contributed by atoms with Gasteiger partial charge in [-0.25, -0.2) is 0 Å². The third-order valence-corrected chi connectivity index (χ3v) is 3.51. The van der Waals surface area contributed by atoms with Crippen molar-refractivity contribution in [3.05, 3.63) is 0 Å². The van der Waals surface area contributed by atoms with E-state index in [0.29, 0.717) is 13.1 Å². The van der Waals surface area contributed by atoms with Gasteiger partial charge in [0.25, 0.3) is 0 Å². The molecule has 0 aliphatic carbocycles. The summed E-state index contributed by atoms with van der Waals surface area (Å²) in [4.78, 5) is 27.4. The van der Waals surface area contributed by atoms with Crippen molar-refractivity contribution in [2.24, 2.45) is 5.92 Å². The zero-order chi connectivity index (χ0) is 13.5. The number of nitrogens with one attached hydrogen (secondary N) is 1. The highest BCUT2D eigenvalue weighted by Gasteiger charge is 2.25. The van der Waals surface area contributed by atoms with Crippen LogP contribution in [-0.4, -0.2) is 61.4 Å². The Balaban J connectivity index is 2.45. The molecule has 0 spiro atoms. The van der Waals surface area contributed by atoms with E-state index in [2.05, 4.69) is 5.32 Å². The third-order valence-electron chi connectivity index (χ3n) is 3.51. The maximum Gasteiger partial charge on any atom is 0.242 e. The van der Waals surface area contributed by atoms with E-state index in [4.69, 9.17) is 0 Å². The van der Waals surface area contributed by atoms with E-state index in [1.807, 2.05) is 13.8 Å². The molecule has 104 valence electrons. The summed E-state index contributed by atoms with van der Waals surface area (Å²) in [6.07, 6.45) is 1.96. The summed E-state index contributed by atoms with van der Waals surface area (Å²) in [5.41, 5.74) is 0. The van der Waals surface area contributed by atoms with Crippen LogP contribution in [0.25, 0.3) is 0 Å². The lowest BCUT2D eigenvalue weighted by atomic mass is 9.98. The van der Waals surface area contributed by atoms with Crippen molar-refractivity contribution < 1.29 is 9.59 Å². The van der Waals surface area contributed by atoms with Gasteiger partial charge in [0.1, 0.15) is 0 Å². The molecule has 1 saturated heterocycles. The molecule has 0 radical (unpaired) electrons. The van der Waals surface area contributed by atoms with Crippen LogP contribution in [0.2, 0.25) is 0 Å². The van der Waals surface area contributed by atoms with Crippen LogP contribution < -0.4 is 5.32 Å². The summed E-state index contributed by atoms with van der Waals surface area (Å²) < 4.78 is 0. The lowest BCUT2D eigenvalue weighted by Gasteiger charge is -2.28. The van der Waals surface area contributed by atoms with Crippen molar-refractivity contribution in [1.82, 2.24) is 15.1 Å². The van der Waals surface area contributed by atoms with E-state index in [9.17, 15) is 9.59 Å². The van der Waals surface area contributed by atoms with Crippen molar-refractivity contribution in [1.29, 1.82) is 0 Å². The van der Waals surface area contributed by atoms with Crippen molar-refractivity contribution in [3.63, 3.8) is 0 Å². The van der Waals surface area contributed by atoms with E-state index in [-0.39, 0.29) is 24.3 Å². The molecule has 0 saturated carbocycles. The van der Waals surface area contributed by atoms with E-state index in [0.717, 1.165) is 25.9 Å². The first-order valence-electron chi connectivity index (χ1n) is 6.83.